The SMILES string of the molecule is COC(=O)CCc1ccc(NC(=O)c2ccc(C3CCNCC3)cc2)c(C)c1. The summed E-state index contributed by atoms with van der Waals surface area (Å²) in [5.74, 6) is 0.253. The van der Waals surface area contributed by atoms with Crippen molar-refractivity contribution in [3.63, 3.8) is 0 Å². The van der Waals surface area contributed by atoms with E-state index in [1.54, 1.807) is 0 Å². The van der Waals surface area contributed by atoms with Gasteiger partial charge in [0, 0.05) is 17.7 Å². The Morgan fingerprint density at radius 1 is 1.11 bits per heavy atom. The lowest BCUT2D eigenvalue weighted by Crippen LogP contribution is -2.26. The highest BCUT2D eigenvalue weighted by atomic mass is 16.5. The van der Waals surface area contributed by atoms with Gasteiger partial charge < -0.3 is 15.4 Å². The molecule has 0 bridgehead atoms. The van der Waals surface area contributed by atoms with Crippen molar-refractivity contribution in [1.29, 1.82) is 0 Å². The van der Waals surface area contributed by atoms with Crippen LogP contribution in [-0.2, 0) is 16.0 Å². The van der Waals surface area contributed by atoms with E-state index in [4.69, 9.17) is 0 Å². The third-order valence-corrected chi connectivity index (χ3v) is 5.37. The Morgan fingerprint density at radius 3 is 2.46 bits per heavy atom. The Kier molecular flexibility index (Phi) is 6.82. The predicted octanol–water partition coefficient (Wildman–Crippen LogP) is 3.82. The van der Waals surface area contributed by atoms with E-state index in [-0.39, 0.29) is 11.9 Å². The van der Waals surface area contributed by atoms with Gasteiger partial charge in [0.1, 0.15) is 0 Å². The van der Waals surface area contributed by atoms with E-state index in [0.717, 1.165) is 42.7 Å². The lowest BCUT2D eigenvalue weighted by Gasteiger charge is -2.23. The van der Waals surface area contributed by atoms with Crippen LogP contribution in [0.1, 0.15) is 52.2 Å². The second-order valence-electron chi connectivity index (χ2n) is 7.33. The molecule has 1 aliphatic rings. The summed E-state index contributed by atoms with van der Waals surface area (Å²) in [6.45, 7) is 4.07. The number of rotatable bonds is 6. The maximum atomic E-state index is 12.6. The first kappa shape index (κ1) is 20.1. The van der Waals surface area contributed by atoms with Crippen molar-refractivity contribution in [2.24, 2.45) is 0 Å². The molecule has 0 atom stereocenters. The van der Waals surface area contributed by atoms with E-state index in [2.05, 4.69) is 27.5 Å². The molecule has 1 fully saturated rings. The Labute approximate surface area is 166 Å². The zero-order chi connectivity index (χ0) is 19.9. The summed E-state index contributed by atoms with van der Waals surface area (Å²) in [6.07, 6.45) is 3.27. The summed E-state index contributed by atoms with van der Waals surface area (Å²) in [5.41, 5.74) is 4.78. The number of hydrogen-bond donors (Lipinski definition) is 2. The van der Waals surface area contributed by atoms with E-state index in [1.807, 2.05) is 37.3 Å². The number of aryl methyl sites for hydroxylation is 2. The Morgan fingerprint density at radius 2 is 1.82 bits per heavy atom. The highest BCUT2D eigenvalue weighted by Gasteiger charge is 2.16. The van der Waals surface area contributed by atoms with Gasteiger partial charge in [-0.2, -0.15) is 0 Å². The second kappa shape index (κ2) is 9.51. The number of carbonyl (C=O) groups is 2. The first-order chi connectivity index (χ1) is 13.6. The number of hydrogen-bond acceptors (Lipinski definition) is 4. The molecule has 3 rings (SSSR count). The summed E-state index contributed by atoms with van der Waals surface area (Å²) in [6, 6.07) is 13.8. The van der Waals surface area contributed by atoms with E-state index in [1.165, 1.54) is 12.7 Å². The standard InChI is InChI=1S/C23H28N2O3/c1-16-15-17(4-10-22(26)28-2)3-9-21(16)25-23(27)20-7-5-18(6-8-20)19-11-13-24-14-12-19/h3,5-9,15,19,24H,4,10-14H2,1-2H3,(H,25,27). The van der Waals surface area contributed by atoms with Gasteiger partial charge in [-0.15, -0.1) is 0 Å². The Bertz CT molecular complexity index is 824. The molecule has 0 saturated carbocycles. The average molecular weight is 380 g/mol. The minimum atomic E-state index is -0.219. The lowest BCUT2D eigenvalue weighted by molar-refractivity contribution is -0.140. The summed E-state index contributed by atoms with van der Waals surface area (Å²) in [4.78, 5) is 23.9. The predicted molar refractivity (Wildman–Crippen MR) is 111 cm³/mol. The molecule has 28 heavy (non-hydrogen) atoms. The molecule has 148 valence electrons. The van der Waals surface area contributed by atoms with Crippen LogP contribution in [0.25, 0.3) is 0 Å². The van der Waals surface area contributed by atoms with Crippen molar-refractivity contribution in [2.75, 3.05) is 25.5 Å². The number of benzene rings is 2. The molecular weight excluding hydrogens is 352 g/mol. The van der Waals surface area contributed by atoms with Crippen LogP contribution < -0.4 is 10.6 Å². The van der Waals surface area contributed by atoms with Crippen molar-refractivity contribution in [1.82, 2.24) is 5.32 Å². The van der Waals surface area contributed by atoms with Gasteiger partial charge in [-0.1, -0.05) is 24.3 Å². The fraction of sp³-hybridized carbons (Fsp3) is 0.391. The molecule has 1 saturated heterocycles. The van der Waals surface area contributed by atoms with Crippen molar-refractivity contribution in [2.45, 2.75) is 38.5 Å². The highest BCUT2D eigenvalue weighted by molar-refractivity contribution is 6.04. The number of carbonyl (C=O) groups excluding carboxylic acids is 2. The van der Waals surface area contributed by atoms with Crippen molar-refractivity contribution in [3.8, 4) is 0 Å². The van der Waals surface area contributed by atoms with Gasteiger partial charge in [0.25, 0.3) is 5.91 Å². The molecule has 2 aromatic carbocycles. The van der Waals surface area contributed by atoms with Crippen LogP contribution >= 0.6 is 0 Å². The van der Waals surface area contributed by atoms with Gasteiger partial charge in [0.2, 0.25) is 0 Å². The van der Waals surface area contributed by atoms with Crippen LogP contribution in [0.2, 0.25) is 0 Å². The molecular formula is C23H28N2O3. The number of esters is 1. The molecule has 2 N–H and O–H groups in total. The van der Waals surface area contributed by atoms with E-state index < -0.39 is 0 Å². The highest BCUT2D eigenvalue weighted by Crippen LogP contribution is 2.25. The zero-order valence-corrected chi connectivity index (χ0v) is 16.6. The molecule has 0 unspecified atom stereocenters. The fourth-order valence-electron chi connectivity index (χ4n) is 3.63. The van der Waals surface area contributed by atoms with Gasteiger partial charge in [0.15, 0.2) is 0 Å². The summed E-state index contributed by atoms with van der Waals surface area (Å²) < 4.78 is 4.68. The van der Waals surface area contributed by atoms with Gasteiger partial charge in [-0.25, -0.2) is 0 Å². The number of methoxy groups -OCH3 is 1. The monoisotopic (exact) mass is 380 g/mol. The largest absolute Gasteiger partial charge is 0.469 e. The molecule has 1 amide bonds. The van der Waals surface area contributed by atoms with Crippen LogP contribution in [0.5, 0.6) is 0 Å². The average Bonchev–Trinajstić information content (AvgIpc) is 2.74. The summed E-state index contributed by atoms with van der Waals surface area (Å²) >= 11 is 0. The fourth-order valence-corrected chi connectivity index (χ4v) is 3.63. The minimum Gasteiger partial charge on any atom is -0.469 e. The van der Waals surface area contributed by atoms with E-state index >= 15 is 0 Å². The lowest BCUT2D eigenvalue weighted by atomic mass is 9.90. The molecule has 0 aliphatic carbocycles. The number of nitrogens with one attached hydrogen (secondary N) is 2. The van der Waals surface area contributed by atoms with E-state index in [0.29, 0.717) is 24.3 Å². The smallest absolute Gasteiger partial charge is 0.305 e. The molecule has 2 aromatic rings. The topological polar surface area (TPSA) is 67.4 Å². The minimum absolute atomic E-state index is 0.109. The van der Waals surface area contributed by atoms with Crippen LogP contribution in [0.15, 0.2) is 42.5 Å². The maximum Gasteiger partial charge on any atom is 0.305 e. The molecule has 5 heteroatoms. The number of ether oxygens (including phenoxy) is 1. The first-order valence-electron chi connectivity index (χ1n) is 9.85. The third-order valence-electron chi connectivity index (χ3n) is 5.37. The third kappa shape index (κ3) is 5.20. The molecule has 5 nitrogen and oxygen atoms in total. The normalized spacial score (nSPS) is 14.5. The van der Waals surface area contributed by atoms with E-state index in [9.17, 15) is 9.59 Å². The number of amides is 1. The molecule has 0 radical (unpaired) electrons. The van der Waals surface area contributed by atoms with Crippen LogP contribution in [0.3, 0.4) is 0 Å². The number of anilines is 1. The molecule has 1 heterocycles. The second-order valence-corrected chi connectivity index (χ2v) is 7.33. The van der Waals surface area contributed by atoms with Crippen molar-refractivity contribution >= 4 is 17.6 Å². The van der Waals surface area contributed by atoms with Gasteiger partial charge in [-0.3, -0.25) is 9.59 Å². The van der Waals surface area contributed by atoms with Gasteiger partial charge >= 0.3 is 5.97 Å². The van der Waals surface area contributed by atoms with Crippen LogP contribution in [0.4, 0.5) is 5.69 Å². The van der Waals surface area contributed by atoms with Crippen LogP contribution in [-0.4, -0.2) is 32.1 Å². The number of piperidine rings is 1. The molecule has 0 spiro atoms. The summed E-state index contributed by atoms with van der Waals surface area (Å²) in [7, 11) is 1.39. The first-order valence-corrected chi connectivity index (χ1v) is 9.85. The maximum absolute atomic E-state index is 12.6. The van der Waals surface area contributed by atoms with Gasteiger partial charge in [-0.05, 0) is 80.1 Å². The molecule has 0 aromatic heterocycles. The Hall–Kier alpha value is -2.66. The van der Waals surface area contributed by atoms with Crippen molar-refractivity contribution < 1.29 is 14.3 Å². The van der Waals surface area contributed by atoms with Crippen LogP contribution in [0, 0.1) is 6.92 Å². The van der Waals surface area contributed by atoms with Crippen molar-refractivity contribution in [3.05, 3.63) is 64.7 Å². The quantitative estimate of drug-likeness (QED) is 0.748. The van der Waals surface area contributed by atoms with Gasteiger partial charge in [0.05, 0.1) is 7.11 Å². The Balaban J connectivity index is 1.61. The summed E-state index contributed by atoms with van der Waals surface area (Å²) in [5, 5.41) is 6.37. The zero-order valence-electron chi connectivity index (χ0n) is 16.6. The molecule has 1 aliphatic heterocycles.